The van der Waals surface area contributed by atoms with Crippen molar-refractivity contribution in [2.75, 3.05) is 32.7 Å². The lowest BCUT2D eigenvalue weighted by atomic mass is 10.1. The van der Waals surface area contributed by atoms with Gasteiger partial charge in [0.05, 0.1) is 6.04 Å². The van der Waals surface area contributed by atoms with Gasteiger partial charge in [0.1, 0.15) is 0 Å². The van der Waals surface area contributed by atoms with Crippen molar-refractivity contribution in [3.63, 3.8) is 0 Å². The molecule has 1 unspecified atom stereocenters. The highest BCUT2D eigenvalue weighted by atomic mass is 16.2. The summed E-state index contributed by atoms with van der Waals surface area (Å²) >= 11 is 0. The third-order valence-electron chi connectivity index (χ3n) is 4.28. The number of hydrogen-bond donors (Lipinski definition) is 2. The molecule has 1 atom stereocenters. The van der Waals surface area contributed by atoms with Crippen molar-refractivity contribution in [3.05, 3.63) is 0 Å². The minimum atomic E-state index is 0.0772. The fourth-order valence-electron chi connectivity index (χ4n) is 3.06. The van der Waals surface area contributed by atoms with E-state index in [1.807, 2.05) is 0 Å². The Balaban J connectivity index is 1.42. The van der Waals surface area contributed by atoms with Crippen LogP contribution in [0.5, 0.6) is 0 Å². The summed E-state index contributed by atoms with van der Waals surface area (Å²) in [7, 11) is 0. The quantitative estimate of drug-likeness (QED) is 0.687. The summed E-state index contributed by atoms with van der Waals surface area (Å²) in [6.07, 6.45) is 9.93. The van der Waals surface area contributed by atoms with Gasteiger partial charge in [-0.1, -0.05) is 12.8 Å². The molecule has 4 heteroatoms. The van der Waals surface area contributed by atoms with Crippen molar-refractivity contribution >= 4 is 5.91 Å². The first-order chi connectivity index (χ1) is 9.36. The lowest BCUT2D eigenvalue weighted by molar-refractivity contribution is -0.122. The second kappa shape index (κ2) is 8.54. The van der Waals surface area contributed by atoms with Crippen LogP contribution in [0.1, 0.15) is 51.4 Å². The Morgan fingerprint density at radius 2 is 1.95 bits per heavy atom. The third kappa shape index (κ3) is 5.49. The molecule has 4 nitrogen and oxygen atoms in total. The summed E-state index contributed by atoms with van der Waals surface area (Å²) in [5, 5.41) is 6.28. The highest BCUT2D eigenvalue weighted by molar-refractivity contribution is 5.81. The van der Waals surface area contributed by atoms with Crippen molar-refractivity contribution in [1.82, 2.24) is 15.5 Å². The van der Waals surface area contributed by atoms with E-state index in [4.69, 9.17) is 0 Å². The number of amides is 1. The third-order valence-corrected chi connectivity index (χ3v) is 4.28. The van der Waals surface area contributed by atoms with E-state index in [9.17, 15) is 4.79 Å². The molecule has 19 heavy (non-hydrogen) atoms. The molecule has 2 heterocycles. The van der Waals surface area contributed by atoms with Crippen LogP contribution >= 0.6 is 0 Å². The van der Waals surface area contributed by atoms with Gasteiger partial charge in [-0.2, -0.15) is 0 Å². The number of hydrogen-bond acceptors (Lipinski definition) is 3. The van der Waals surface area contributed by atoms with Crippen LogP contribution in [-0.2, 0) is 4.79 Å². The van der Waals surface area contributed by atoms with E-state index in [-0.39, 0.29) is 11.9 Å². The van der Waals surface area contributed by atoms with Gasteiger partial charge in [0.25, 0.3) is 0 Å². The summed E-state index contributed by atoms with van der Waals surface area (Å²) in [6, 6.07) is 0.0772. The highest BCUT2D eigenvalue weighted by Gasteiger charge is 2.20. The standard InChI is InChI=1S/C15H29N3O/c19-15(14-8-7-10-16-14)17-9-3-1-4-11-18-12-5-2-6-13-18/h14,16H,1-13H2,(H,17,19). The van der Waals surface area contributed by atoms with Crippen LogP contribution in [0, 0.1) is 0 Å². The summed E-state index contributed by atoms with van der Waals surface area (Å²) in [4.78, 5) is 14.3. The first kappa shape index (κ1) is 14.8. The Bertz CT molecular complexity index is 258. The molecule has 2 rings (SSSR count). The van der Waals surface area contributed by atoms with E-state index in [2.05, 4.69) is 15.5 Å². The Morgan fingerprint density at radius 3 is 2.68 bits per heavy atom. The molecular weight excluding hydrogens is 238 g/mol. The zero-order chi connectivity index (χ0) is 13.3. The van der Waals surface area contributed by atoms with Crippen LogP contribution in [0.25, 0.3) is 0 Å². The van der Waals surface area contributed by atoms with Crippen LogP contribution in [0.2, 0.25) is 0 Å². The first-order valence-electron chi connectivity index (χ1n) is 8.10. The van der Waals surface area contributed by atoms with Crippen LogP contribution in [0.4, 0.5) is 0 Å². The van der Waals surface area contributed by atoms with Crippen LogP contribution in [0.3, 0.4) is 0 Å². The summed E-state index contributed by atoms with van der Waals surface area (Å²) in [6.45, 7) is 5.68. The van der Waals surface area contributed by atoms with Gasteiger partial charge in [-0.05, 0) is 64.7 Å². The lowest BCUT2D eigenvalue weighted by Crippen LogP contribution is -2.40. The molecule has 0 radical (unpaired) electrons. The van der Waals surface area contributed by atoms with Crippen LogP contribution in [0.15, 0.2) is 0 Å². The van der Waals surface area contributed by atoms with E-state index in [0.717, 1.165) is 32.4 Å². The number of carbonyl (C=O) groups is 1. The number of unbranched alkanes of at least 4 members (excludes halogenated alkanes) is 2. The predicted molar refractivity (Wildman–Crippen MR) is 78.2 cm³/mol. The molecule has 0 bridgehead atoms. The van der Waals surface area contributed by atoms with Gasteiger partial charge in [-0.15, -0.1) is 0 Å². The largest absolute Gasteiger partial charge is 0.355 e. The number of piperidine rings is 1. The van der Waals surface area contributed by atoms with Gasteiger partial charge in [-0.3, -0.25) is 4.79 Å². The Morgan fingerprint density at radius 1 is 1.11 bits per heavy atom. The molecule has 0 aromatic carbocycles. The number of rotatable bonds is 7. The van der Waals surface area contributed by atoms with Crippen LogP contribution in [-0.4, -0.2) is 49.6 Å². The van der Waals surface area contributed by atoms with E-state index < -0.39 is 0 Å². The molecule has 0 aliphatic carbocycles. The number of likely N-dealkylation sites (tertiary alicyclic amines) is 1. The molecule has 2 aliphatic heterocycles. The van der Waals surface area contributed by atoms with Crippen molar-refractivity contribution < 1.29 is 4.79 Å². The molecular formula is C15H29N3O. The minimum Gasteiger partial charge on any atom is -0.355 e. The fraction of sp³-hybridized carbons (Fsp3) is 0.933. The van der Waals surface area contributed by atoms with Gasteiger partial charge >= 0.3 is 0 Å². The molecule has 2 fully saturated rings. The summed E-state index contributed by atoms with van der Waals surface area (Å²) in [5.41, 5.74) is 0. The maximum absolute atomic E-state index is 11.7. The van der Waals surface area contributed by atoms with Crippen molar-refractivity contribution in [3.8, 4) is 0 Å². The Kier molecular flexibility index (Phi) is 6.65. The van der Waals surface area contributed by atoms with E-state index in [0.29, 0.717) is 0 Å². The topological polar surface area (TPSA) is 44.4 Å². The van der Waals surface area contributed by atoms with Gasteiger partial charge in [0, 0.05) is 6.54 Å². The smallest absolute Gasteiger partial charge is 0.237 e. The van der Waals surface area contributed by atoms with Gasteiger partial charge < -0.3 is 15.5 Å². The zero-order valence-electron chi connectivity index (χ0n) is 12.1. The first-order valence-corrected chi connectivity index (χ1v) is 8.10. The van der Waals surface area contributed by atoms with Gasteiger partial charge in [-0.25, -0.2) is 0 Å². The maximum atomic E-state index is 11.7. The molecule has 2 saturated heterocycles. The molecule has 1 amide bonds. The number of nitrogens with zero attached hydrogens (tertiary/aromatic N) is 1. The highest BCUT2D eigenvalue weighted by Crippen LogP contribution is 2.10. The predicted octanol–water partition coefficient (Wildman–Crippen LogP) is 1.51. The average Bonchev–Trinajstić information content (AvgIpc) is 2.98. The van der Waals surface area contributed by atoms with Crippen molar-refractivity contribution in [2.24, 2.45) is 0 Å². The van der Waals surface area contributed by atoms with Crippen LogP contribution < -0.4 is 10.6 Å². The second-order valence-corrected chi connectivity index (χ2v) is 5.90. The SMILES string of the molecule is O=C(NCCCCCN1CCCCC1)C1CCCN1. The zero-order valence-corrected chi connectivity index (χ0v) is 12.1. The average molecular weight is 267 g/mol. The summed E-state index contributed by atoms with van der Waals surface area (Å²) in [5.74, 6) is 0.202. The van der Waals surface area contributed by atoms with Crippen molar-refractivity contribution in [2.45, 2.75) is 57.4 Å². The second-order valence-electron chi connectivity index (χ2n) is 5.90. The number of carbonyl (C=O) groups excluding carboxylic acids is 1. The van der Waals surface area contributed by atoms with E-state index in [1.54, 1.807) is 0 Å². The van der Waals surface area contributed by atoms with Gasteiger partial charge in [0.15, 0.2) is 0 Å². The molecule has 0 spiro atoms. The van der Waals surface area contributed by atoms with Crippen molar-refractivity contribution in [1.29, 1.82) is 0 Å². The maximum Gasteiger partial charge on any atom is 0.237 e. The molecule has 2 N–H and O–H groups in total. The van der Waals surface area contributed by atoms with E-state index in [1.165, 1.54) is 51.7 Å². The fourth-order valence-corrected chi connectivity index (χ4v) is 3.06. The summed E-state index contributed by atoms with van der Waals surface area (Å²) < 4.78 is 0. The number of nitrogens with one attached hydrogen (secondary N) is 2. The van der Waals surface area contributed by atoms with Gasteiger partial charge in [0.2, 0.25) is 5.91 Å². The Hall–Kier alpha value is -0.610. The molecule has 0 saturated carbocycles. The normalized spacial score (nSPS) is 24.5. The molecule has 0 aromatic heterocycles. The van der Waals surface area contributed by atoms with E-state index >= 15 is 0 Å². The monoisotopic (exact) mass is 267 g/mol. The minimum absolute atomic E-state index is 0.0772. The molecule has 0 aromatic rings. The molecule has 110 valence electrons. The molecule has 2 aliphatic rings. The lowest BCUT2D eigenvalue weighted by Gasteiger charge is -2.26. The Labute approximate surface area is 117 Å².